The molecule has 0 heterocycles. The maximum atomic E-state index is 13.6. The lowest BCUT2D eigenvalue weighted by atomic mass is 10.4. The van der Waals surface area contributed by atoms with Gasteiger partial charge in [0, 0.05) is 6.10 Å². The highest BCUT2D eigenvalue weighted by atomic mass is 31.2. The van der Waals surface area contributed by atoms with Gasteiger partial charge in [-0.3, -0.25) is 0 Å². The summed E-state index contributed by atoms with van der Waals surface area (Å²) in [5.74, 6) is 0. The van der Waals surface area contributed by atoms with E-state index in [0.717, 1.165) is 15.9 Å². The van der Waals surface area contributed by atoms with Crippen molar-refractivity contribution >= 4 is 35.5 Å². The zero-order chi connectivity index (χ0) is 23.8. The smallest absolute Gasteiger partial charge is 0.464 e. The van der Waals surface area contributed by atoms with E-state index in [2.05, 4.69) is 5.10 Å². The van der Waals surface area contributed by atoms with E-state index in [0.29, 0.717) is 0 Å². The summed E-state index contributed by atoms with van der Waals surface area (Å²) in [4.78, 5) is 13.6. The van der Waals surface area contributed by atoms with Gasteiger partial charge in [-0.05, 0) is 55.0 Å². The molecule has 0 aromatic heterocycles. The molecule has 0 aliphatic rings. The second-order valence-electron chi connectivity index (χ2n) is 7.90. The summed E-state index contributed by atoms with van der Waals surface area (Å²) in [6.45, 7) is 6.99. The molecule has 0 radical (unpaired) electrons. The van der Waals surface area contributed by atoms with Gasteiger partial charge >= 0.3 is 6.09 Å². The Morgan fingerprint density at radius 3 is 1.42 bits per heavy atom. The molecule has 6 nitrogen and oxygen atoms in total. The van der Waals surface area contributed by atoms with Crippen LogP contribution < -0.4 is 21.0 Å². The SMILES string of the molecule is CC(C)OC(=O)N(/N=C(\[O-])OC(C)C)[P+](c1ccccc1)(c1ccccc1)c1ccccc1. The molecule has 0 aliphatic heterocycles. The van der Waals surface area contributed by atoms with E-state index in [1.54, 1.807) is 27.7 Å². The fourth-order valence-corrected chi connectivity index (χ4v) is 7.35. The van der Waals surface area contributed by atoms with Crippen molar-refractivity contribution in [3.05, 3.63) is 91.0 Å². The number of hydrogen-bond acceptors (Lipinski definition) is 5. The zero-order valence-corrected chi connectivity index (χ0v) is 20.2. The second-order valence-corrected chi connectivity index (χ2v) is 11.1. The highest BCUT2D eigenvalue weighted by Gasteiger charge is 2.56. The third kappa shape index (κ3) is 5.52. The topological polar surface area (TPSA) is 74.2 Å². The normalized spacial score (nSPS) is 12.0. The summed E-state index contributed by atoms with van der Waals surface area (Å²) < 4.78 is 12.1. The van der Waals surface area contributed by atoms with Crippen molar-refractivity contribution in [2.45, 2.75) is 39.9 Å². The Morgan fingerprint density at radius 2 is 1.09 bits per heavy atom. The first-order chi connectivity index (χ1) is 15.9. The fourth-order valence-electron chi connectivity index (χ4n) is 3.49. The first-order valence-corrected chi connectivity index (χ1v) is 12.6. The number of nitrogens with zero attached hydrogens (tertiary/aromatic N) is 2. The monoisotopic (exact) mass is 464 g/mol. The van der Waals surface area contributed by atoms with Crippen LogP contribution in [0.15, 0.2) is 96.1 Å². The third-order valence-corrected chi connectivity index (χ3v) is 8.64. The molecule has 0 spiro atoms. The summed E-state index contributed by atoms with van der Waals surface area (Å²) in [5, 5.41) is 19.5. The summed E-state index contributed by atoms with van der Waals surface area (Å²) in [6, 6.07) is 28.9. The molecule has 0 fully saturated rings. The molecule has 0 bridgehead atoms. The molecule has 33 heavy (non-hydrogen) atoms. The molecule has 0 saturated carbocycles. The lowest BCUT2D eigenvalue weighted by molar-refractivity contribution is -0.255. The number of rotatable bonds is 7. The molecule has 0 saturated heterocycles. The summed E-state index contributed by atoms with van der Waals surface area (Å²) >= 11 is 0. The number of ether oxygens (including phenoxy) is 2. The van der Waals surface area contributed by atoms with Crippen molar-refractivity contribution in [2.24, 2.45) is 5.10 Å². The number of carbonyl (C=O) groups is 1. The fraction of sp³-hybridized carbons (Fsp3) is 0.231. The lowest BCUT2D eigenvalue weighted by Crippen LogP contribution is -2.45. The van der Waals surface area contributed by atoms with Crippen LogP contribution in [0.1, 0.15) is 27.7 Å². The summed E-state index contributed by atoms with van der Waals surface area (Å²) in [5.41, 5.74) is 0. The van der Waals surface area contributed by atoms with Crippen LogP contribution >= 0.6 is 7.41 Å². The molecule has 3 rings (SSSR count). The van der Waals surface area contributed by atoms with Gasteiger partial charge in [-0.1, -0.05) is 68.4 Å². The quantitative estimate of drug-likeness (QED) is 0.231. The van der Waals surface area contributed by atoms with Crippen LogP contribution in [0.2, 0.25) is 0 Å². The number of hydrazone groups is 1. The van der Waals surface area contributed by atoms with E-state index in [4.69, 9.17) is 9.47 Å². The Bertz CT molecular complexity index is 961. The van der Waals surface area contributed by atoms with Crippen LogP contribution in [0.25, 0.3) is 0 Å². The van der Waals surface area contributed by atoms with E-state index < -0.39 is 25.7 Å². The minimum atomic E-state index is -2.98. The van der Waals surface area contributed by atoms with Crippen molar-refractivity contribution in [3.63, 3.8) is 0 Å². The third-order valence-electron chi connectivity index (χ3n) is 4.69. The van der Waals surface area contributed by atoms with Gasteiger partial charge < -0.3 is 14.6 Å². The molecule has 0 unspecified atom stereocenters. The van der Waals surface area contributed by atoms with Crippen molar-refractivity contribution < 1.29 is 19.4 Å². The van der Waals surface area contributed by atoms with E-state index in [9.17, 15) is 9.90 Å². The van der Waals surface area contributed by atoms with E-state index in [1.807, 2.05) is 91.0 Å². The standard InChI is InChI=1S/C26H29N2O4P/c1-20(2)31-25(29)27-28(26(30)32-21(3)4)33(22-14-8-5-9-15-22,23-16-10-6-11-17-23)24-18-12-7-13-19-24/h5-21H,1-4H3. The first-order valence-electron chi connectivity index (χ1n) is 10.8. The first kappa shape index (κ1) is 24.3. The molecule has 0 aliphatic carbocycles. The highest BCUT2D eigenvalue weighted by Crippen LogP contribution is 2.59. The van der Waals surface area contributed by atoms with Crippen LogP contribution in [-0.4, -0.2) is 29.2 Å². The molecular weight excluding hydrogens is 435 g/mol. The van der Waals surface area contributed by atoms with Crippen molar-refractivity contribution in [1.29, 1.82) is 0 Å². The minimum absolute atomic E-state index is 0.387. The second kappa shape index (κ2) is 11.0. The van der Waals surface area contributed by atoms with Gasteiger partial charge in [0.2, 0.25) is 7.41 Å². The minimum Gasteiger partial charge on any atom is -0.596 e. The molecule has 3 aromatic rings. The van der Waals surface area contributed by atoms with Crippen molar-refractivity contribution in [2.75, 3.05) is 0 Å². The molecule has 3 aromatic carbocycles. The van der Waals surface area contributed by atoms with Crippen LogP contribution in [0, 0.1) is 0 Å². The molecular formula is C26H29N2O4P. The maximum absolute atomic E-state index is 13.6. The summed E-state index contributed by atoms with van der Waals surface area (Å²) in [7, 11) is -2.98. The van der Waals surface area contributed by atoms with Crippen LogP contribution in [0.4, 0.5) is 4.79 Å². The summed E-state index contributed by atoms with van der Waals surface area (Å²) in [6.07, 6.45) is -2.35. The van der Waals surface area contributed by atoms with Crippen molar-refractivity contribution in [1.82, 2.24) is 4.78 Å². The van der Waals surface area contributed by atoms with Gasteiger partial charge in [0.05, 0.1) is 6.10 Å². The van der Waals surface area contributed by atoms with E-state index in [-0.39, 0.29) is 6.10 Å². The number of amides is 1. The molecule has 0 atom stereocenters. The van der Waals surface area contributed by atoms with Crippen LogP contribution in [0.3, 0.4) is 0 Å². The maximum Gasteiger partial charge on any atom is 0.464 e. The predicted octanol–water partition coefficient (Wildman–Crippen LogP) is 3.80. The lowest BCUT2D eigenvalue weighted by Gasteiger charge is -2.33. The highest BCUT2D eigenvalue weighted by molar-refractivity contribution is 7.94. The van der Waals surface area contributed by atoms with Gasteiger partial charge in [-0.15, -0.1) is 5.10 Å². The van der Waals surface area contributed by atoms with E-state index >= 15 is 0 Å². The Labute approximate surface area is 195 Å². The number of carbonyl (C=O) groups excluding carboxylic acids is 1. The van der Waals surface area contributed by atoms with Gasteiger partial charge in [0.1, 0.15) is 15.9 Å². The number of benzene rings is 3. The Balaban J connectivity index is 2.40. The molecule has 1 amide bonds. The average Bonchev–Trinajstić information content (AvgIpc) is 2.80. The van der Waals surface area contributed by atoms with Gasteiger partial charge in [0.25, 0.3) is 0 Å². The molecule has 172 valence electrons. The Kier molecular flexibility index (Phi) is 8.07. The van der Waals surface area contributed by atoms with Gasteiger partial charge in [0.15, 0.2) is 6.08 Å². The number of hydrogen-bond donors (Lipinski definition) is 0. The Hall–Kier alpha value is -3.37. The molecule has 7 heteroatoms. The molecule has 0 N–H and O–H groups in total. The Morgan fingerprint density at radius 1 is 0.727 bits per heavy atom. The largest absolute Gasteiger partial charge is 0.596 e. The average molecular weight is 465 g/mol. The predicted molar refractivity (Wildman–Crippen MR) is 132 cm³/mol. The van der Waals surface area contributed by atoms with Crippen molar-refractivity contribution in [3.8, 4) is 0 Å². The zero-order valence-electron chi connectivity index (χ0n) is 19.3. The van der Waals surface area contributed by atoms with Gasteiger partial charge in [-0.2, -0.15) is 0 Å². The van der Waals surface area contributed by atoms with Gasteiger partial charge in [-0.25, -0.2) is 4.79 Å². The van der Waals surface area contributed by atoms with Crippen LogP contribution in [-0.2, 0) is 9.47 Å². The van der Waals surface area contributed by atoms with E-state index in [1.165, 1.54) is 4.78 Å². The van der Waals surface area contributed by atoms with Crippen LogP contribution in [0.5, 0.6) is 0 Å².